The molecule has 1 saturated heterocycles. The van der Waals surface area contributed by atoms with E-state index in [9.17, 15) is 9.59 Å². The molecular formula is C21H24N4O2. The van der Waals surface area contributed by atoms with Crippen molar-refractivity contribution in [2.75, 3.05) is 29.9 Å². The van der Waals surface area contributed by atoms with Gasteiger partial charge in [0.05, 0.1) is 23.3 Å². The normalized spacial score (nSPS) is 18.0. The van der Waals surface area contributed by atoms with Gasteiger partial charge in [0, 0.05) is 39.0 Å². The van der Waals surface area contributed by atoms with E-state index in [0.29, 0.717) is 26.1 Å². The molecule has 2 aliphatic heterocycles. The summed E-state index contributed by atoms with van der Waals surface area (Å²) in [6, 6.07) is 11.7. The van der Waals surface area contributed by atoms with Gasteiger partial charge in [0.25, 0.3) is 0 Å². The van der Waals surface area contributed by atoms with Crippen LogP contribution in [0.2, 0.25) is 0 Å². The van der Waals surface area contributed by atoms with Gasteiger partial charge >= 0.3 is 0 Å². The summed E-state index contributed by atoms with van der Waals surface area (Å²) in [6.45, 7) is 3.66. The largest absolute Gasteiger partial charge is 0.376 e. The molecule has 0 atom stereocenters. The molecule has 1 fully saturated rings. The fraction of sp³-hybridized carbons (Fsp3) is 0.381. The van der Waals surface area contributed by atoms with E-state index in [4.69, 9.17) is 0 Å². The van der Waals surface area contributed by atoms with Crippen LogP contribution in [0.25, 0.3) is 0 Å². The number of rotatable bonds is 2. The monoisotopic (exact) mass is 364 g/mol. The molecule has 2 aromatic rings. The molecule has 0 saturated carbocycles. The molecule has 0 aliphatic carbocycles. The minimum Gasteiger partial charge on any atom is -0.376 e. The lowest BCUT2D eigenvalue weighted by Crippen LogP contribution is -2.59. The van der Waals surface area contributed by atoms with Crippen LogP contribution in [-0.4, -0.2) is 46.9 Å². The fourth-order valence-corrected chi connectivity index (χ4v) is 4.06. The summed E-state index contributed by atoms with van der Waals surface area (Å²) in [6.07, 6.45) is 5.49. The van der Waals surface area contributed by atoms with E-state index in [0.717, 1.165) is 29.8 Å². The third kappa shape index (κ3) is 3.52. The first-order valence-corrected chi connectivity index (χ1v) is 9.38. The van der Waals surface area contributed by atoms with E-state index in [1.165, 1.54) is 0 Å². The summed E-state index contributed by atoms with van der Waals surface area (Å²) >= 11 is 0. The zero-order chi connectivity index (χ0) is 18.9. The summed E-state index contributed by atoms with van der Waals surface area (Å²) < 4.78 is 0. The smallest absolute Gasteiger partial charge is 0.226 e. The first-order valence-electron chi connectivity index (χ1n) is 9.38. The molecule has 4 rings (SSSR count). The number of carbonyl (C=O) groups excluding carboxylic acids is 2. The maximum absolute atomic E-state index is 12.6. The highest BCUT2D eigenvalue weighted by Crippen LogP contribution is 2.39. The van der Waals surface area contributed by atoms with Crippen LogP contribution >= 0.6 is 0 Å². The SMILES string of the molecule is CC(=O)N1CC2(CCN(C(=O)Cc3ccncc3)CC2)Nc2ccccc21. The Balaban J connectivity index is 1.45. The number of para-hydroxylation sites is 2. The second-order valence-electron chi connectivity index (χ2n) is 7.44. The van der Waals surface area contributed by atoms with Crippen LogP contribution in [0.1, 0.15) is 25.3 Å². The standard InChI is InChI=1S/C21H24N4O2/c1-16(26)25-15-21(23-18-4-2-3-5-19(18)25)8-12-24(13-9-21)20(27)14-17-6-10-22-11-7-17/h2-7,10-11,23H,8-9,12-15H2,1H3. The minimum atomic E-state index is -0.173. The van der Waals surface area contributed by atoms with Crippen molar-refractivity contribution in [1.29, 1.82) is 0 Å². The summed E-state index contributed by atoms with van der Waals surface area (Å²) in [5.74, 6) is 0.204. The van der Waals surface area contributed by atoms with Crippen LogP contribution in [0.3, 0.4) is 0 Å². The number of nitrogens with one attached hydrogen (secondary N) is 1. The van der Waals surface area contributed by atoms with E-state index in [1.807, 2.05) is 46.2 Å². The second-order valence-corrected chi connectivity index (χ2v) is 7.44. The molecule has 2 aliphatic rings. The fourth-order valence-electron chi connectivity index (χ4n) is 4.06. The summed E-state index contributed by atoms with van der Waals surface area (Å²) in [5.41, 5.74) is 2.75. The first-order chi connectivity index (χ1) is 13.1. The molecule has 0 unspecified atom stereocenters. The highest BCUT2D eigenvalue weighted by molar-refractivity contribution is 5.96. The number of aromatic nitrogens is 1. The second kappa shape index (κ2) is 7.02. The van der Waals surface area contributed by atoms with Crippen molar-refractivity contribution in [2.45, 2.75) is 31.7 Å². The lowest BCUT2D eigenvalue weighted by atomic mass is 9.84. The van der Waals surface area contributed by atoms with Gasteiger partial charge in [0.1, 0.15) is 0 Å². The van der Waals surface area contributed by atoms with Gasteiger partial charge in [-0.05, 0) is 42.7 Å². The molecule has 2 amide bonds. The average molecular weight is 364 g/mol. The van der Waals surface area contributed by atoms with Gasteiger partial charge < -0.3 is 15.1 Å². The van der Waals surface area contributed by atoms with Gasteiger partial charge in [0.15, 0.2) is 0 Å². The van der Waals surface area contributed by atoms with Crippen LogP contribution in [0, 0.1) is 0 Å². The molecule has 1 aromatic heterocycles. The molecule has 6 heteroatoms. The van der Waals surface area contributed by atoms with Crippen molar-refractivity contribution in [1.82, 2.24) is 9.88 Å². The molecule has 3 heterocycles. The van der Waals surface area contributed by atoms with Crippen LogP contribution in [0.4, 0.5) is 11.4 Å². The number of likely N-dealkylation sites (tertiary alicyclic amines) is 1. The van der Waals surface area contributed by atoms with Crippen molar-refractivity contribution in [2.24, 2.45) is 0 Å². The maximum Gasteiger partial charge on any atom is 0.226 e. The Kier molecular flexibility index (Phi) is 4.56. The molecule has 1 N–H and O–H groups in total. The third-order valence-corrected chi connectivity index (χ3v) is 5.61. The van der Waals surface area contributed by atoms with Gasteiger partial charge in [0.2, 0.25) is 11.8 Å². The number of anilines is 2. The zero-order valence-corrected chi connectivity index (χ0v) is 15.5. The number of nitrogens with zero attached hydrogens (tertiary/aromatic N) is 3. The van der Waals surface area contributed by atoms with E-state index in [2.05, 4.69) is 10.3 Å². The van der Waals surface area contributed by atoms with Crippen molar-refractivity contribution in [3.63, 3.8) is 0 Å². The Bertz CT molecular complexity index is 844. The molecule has 0 radical (unpaired) electrons. The number of hydrogen-bond acceptors (Lipinski definition) is 4. The molecule has 140 valence electrons. The Labute approximate surface area is 159 Å². The molecular weight excluding hydrogens is 340 g/mol. The van der Waals surface area contributed by atoms with Crippen LogP contribution in [0.15, 0.2) is 48.8 Å². The minimum absolute atomic E-state index is 0.0551. The molecule has 1 spiro atoms. The first kappa shape index (κ1) is 17.5. The summed E-state index contributed by atoms with van der Waals surface area (Å²) in [5, 5.41) is 3.67. The van der Waals surface area contributed by atoms with E-state index < -0.39 is 0 Å². The number of amides is 2. The highest BCUT2D eigenvalue weighted by atomic mass is 16.2. The average Bonchev–Trinajstić information content (AvgIpc) is 2.68. The molecule has 0 bridgehead atoms. The van der Waals surface area contributed by atoms with E-state index in [1.54, 1.807) is 19.3 Å². The third-order valence-electron chi connectivity index (χ3n) is 5.61. The van der Waals surface area contributed by atoms with Gasteiger partial charge in [-0.25, -0.2) is 0 Å². The molecule has 6 nitrogen and oxygen atoms in total. The van der Waals surface area contributed by atoms with Crippen LogP contribution < -0.4 is 10.2 Å². The number of carbonyl (C=O) groups is 2. The van der Waals surface area contributed by atoms with Gasteiger partial charge in [-0.2, -0.15) is 0 Å². The van der Waals surface area contributed by atoms with Crippen LogP contribution in [0.5, 0.6) is 0 Å². The number of benzene rings is 1. The van der Waals surface area contributed by atoms with E-state index >= 15 is 0 Å². The van der Waals surface area contributed by atoms with Crippen LogP contribution in [-0.2, 0) is 16.0 Å². The Morgan fingerprint density at radius 2 is 1.81 bits per heavy atom. The van der Waals surface area contributed by atoms with E-state index in [-0.39, 0.29) is 17.4 Å². The Morgan fingerprint density at radius 3 is 2.52 bits per heavy atom. The predicted molar refractivity (Wildman–Crippen MR) is 105 cm³/mol. The lowest BCUT2D eigenvalue weighted by Gasteiger charge is -2.49. The number of fused-ring (bicyclic) bond motifs is 1. The quantitative estimate of drug-likeness (QED) is 0.889. The summed E-state index contributed by atoms with van der Waals surface area (Å²) in [7, 11) is 0. The number of piperidine rings is 1. The van der Waals surface area contributed by atoms with Gasteiger partial charge in [-0.1, -0.05) is 12.1 Å². The Hall–Kier alpha value is -2.89. The lowest BCUT2D eigenvalue weighted by molar-refractivity contribution is -0.132. The molecule has 27 heavy (non-hydrogen) atoms. The van der Waals surface area contributed by atoms with Crippen molar-refractivity contribution >= 4 is 23.2 Å². The summed E-state index contributed by atoms with van der Waals surface area (Å²) in [4.78, 5) is 32.6. The number of pyridine rings is 1. The topological polar surface area (TPSA) is 65.5 Å². The van der Waals surface area contributed by atoms with Gasteiger partial charge in [-0.3, -0.25) is 14.6 Å². The zero-order valence-electron chi connectivity index (χ0n) is 15.5. The van der Waals surface area contributed by atoms with Crippen molar-refractivity contribution in [3.05, 3.63) is 54.4 Å². The molecule has 1 aromatic carbocycles. The van der Waals surface area contributed by atoms with Gasteiger partial charge in [-0.15, -0.1) is 0 Å². The maximum atomic E-state index is 12.6. The Morgan fingerprint density at radius 1 is 1.11 bits per heavy atom. The van der Waals surface area contributed by atoms with Crippen molar-refractivity contribution in [3.8, 4) is 0 Å². The highest BCUT2D eigenvalue weighted by Gasteiger charge is 2.41. The van der Waals surface area contributed by atoms with Crippen molar-refractivity contribution < 1.29 is 9.59 Å². The number of hydrogen-bond donors (Lipinski definition) is 1. The predicted octanol–water partition coefficient (Wildman–Crippen LogP) is 2.46.